The van der Waals surface area contributed by atoms with E-state index in [1.807, 2.05) is 17.0 Å². The van der Waals surface area contributed by atoms with Crippen LogP contribution in [0.4, 0.5) is 10.1 Å². The number of benzene rings is 3. The Labute approximate surface area is 260 Å². The first-order chi connectivity index (χ1) is 21.9. The topological polar surface area (TPSA) is 118 Å². The second-order valence-corrected chi connectivity index (χ2v) is 12.0. The Morgan fingerprint density at radius 2 is 1.84 bits per heavy atom. The predicted octanol–water partition coefficient (Wildman–Crippen LogP) is 3.00. The fraction of sp³-hybridized carbons (Fsp3) is 0.353. The van der Waals surface area contributed by atoms with E-state index in [1.54, 1.807) is 24.3 Å². The number of ether oxygens (including phenoxy) is 1. The largest absolute Gasteiger partial charge is 0.489 e. The quantitative estimate of drug-likeness (QED) is 0.411. The third-order valence-electron chi connectivity index (χ3n) is 9.33. The molecule has 7 rings (SSSR count). The molecule has 10 nitrogen and oxygen atoms in total. The summed E-state index contributed by atoms with van der Waals surface area (Å²) in [5.41, 5.74) is 5.65. The zero-order chi connectivity index (χ0) is 31.1. The molecule has 2 saturated heterocycles. The number of halogens is 1. The molecule has 0 saturated carbocycles. The van der Waals surface area contributed by atoms with Gasteiger partial charge in [0.15, 0.2) is 0 Å². The van der Waals surface area contributed by atoms with Gasteiger partial charge in [-0.2, -0.15) is 5.26 Å². The van der Waals surface area contributed by atoms with E-state index >= 15 is 0 Å². The van der Waals surface area contributed by atoms with Gasteiger partial charge < -0.3 is 19.9 Å². The van der Waals surface area contributed by atoms with Gasteiger partial charge in [-0.1, -0.05) is 24.3 Å². The lowest BCUT2D eigenvalue weighted by Gasteiger charge is -2.42. The molecule has 0 radical (unpaired) electrons. The molecule has 230 valence electrons. The van der Waals surface area contributed by atoms with E-state index < -0.39 is 11.9 Å². The van der Waals surface area contributed by atoms with Gasteiger partial charge in [0.1, 0.15) is 24.2 Å². The van der Waals surface area contributed by atoms with Crippen LogP contribution in [0.5, 0.6) is 5.75 Å². The molecule has 0 aromatic heterocycles. The molecule has 45 heavy (non-hydrogen) atoms. The fourth-order valence-corrected chi connectivity index (χ4v) is 6.97. The third kappa shape index (κ3) is 5.52. The lowest BCUT2D eigenvalue weighted by molar-refractivity contribution is -0.136. The van der Waals surface area contributed by atoms with E-state index in [2.05, 4.69) is 33.7 Å². The maximum Gasteiger partial charge on any atom is 0.255 e. The van der Waals surface area contributed by atoms with Crippen molar-refractivity contribution in [2.45, 2.75) is 44.6 Å². The second-order valence-electron chi connectivity index (χ2n) is 12.0. The van der Waals surface area contributed by atoms with Gasteiger partial charge >= 0.3 is 0 Å². The van der Waals surface area contributed by atoms with Crippen molar-refractivity contribution in [3.8, 4) is 11.8 Å². The number of fused-ring (bicyclic) bond motifs is 2. The van der Waals surface area contributed by atoms with Crippen LogP contribution in [0.1, 0.15) is 57.1 Å². The summed E-state index contributed by atoms with van der Waals surface area (Å²) in [5, 5.41) is 14.9. The average molecular weight is 609 g/mol. The summed E-state index contributed by atoms with van der Waals surface area (Å²) >= 11 is 0. The standard InChI is InChI=1S/C34H33FN6O4/c35-27-15-21(16-36)5-7-28(27)39-10-12-40(13-11-39)30-18-37-17-23-14-22(4-6-24(23)30)20-45-31-3-1-2-25-26(31)19-41(34(25)44)29-8-9-32(42)38-33(29)43/h1-7,14-15,29-30,37H,8-13,17-20H2,(H,38,42,43)/t29-,30?/m0/s1. The van der Waals surface area contributed by atoms with Crippen LogP contribution < -0.4 is 20.3 Å². The van der Waals surface area contributed by atoms with E-state index in [-0.39, 0.29) is 36.6 Å². The van der Waals surface area contributed by atoms with Crippen LogP contribution in [-0.2, 0) is 29.3 Å². The number of hydrogen-bond acceptors (Lipinski definition) is 8. The van der Waals surface area contributed by atoms with Crippen molar-refractivity contribution in [2.24, 2.45) is 0 Å². The zero-order valence-corrected chi connectivity index (χ0v) is 24.7. The molecule has 4 aliphatic rings. The summed E-state index contributed by atoms with van der Waals surface area (Å²) in [6.07, 6.45) is 0.527. The molecule has 0 bridgehead atoms. The van der Waals surface area contributed by atoms with Crippen molar-refractivity contribution in [3.63, 3.8) is 0 Å². The summed E-state index contributed by atoms with van der Waals surface area (Å²) in [7, 11) is 0. The molecule has 3 amide bonds. The summed E-state index contributed by atoms with van der Waals surface area (Å²) in [6.45, 7) is 5.17. The van der Waals surface area contributed by atoms with Crippen LogP contribution in [0.3, 0.4) is 0 Å². The average Bonchev–Trinajstić information content (AvgIpc) is 3.39. The summed E-state index contributed by atoms with van der Waals surface area (Å²) in [6, 6.07) is 18.0. The number of hydrogen-bond donors (Lipinski definition) is 2. The SMILES string of the molecule is N#Cc1ccc(N2CCN(C3CNCc4cc(COc5cccc6c5CN([C@H]5CCC(=O)NC5=O)C6=O)ccc43)CC2)c(F)c1. The molecule has 3 aromatic rings. The highest BCUT2D eigenvalue weighted by atomic mass is 19.1. The maximum atomic E-state index is 14.6. The Hall–Kier alpha value is -4.79. The second kappa shape index (κ2) is 12.0. The van der Waals surface area contributed by atoms with Crippen molar-refractivity contribution in [1.82, 2.24) is 20.4 Å². The minimum atomic E-state index is -0.670. The van der Waals surface area contributed by atoms with Crippen LogP contribution in [0, 0.1) is 17.1 Å². The highest BCUT2D eigenvalue weighted by molar-refractivity contribution is 6.05. The Kier molecular flexibility index (Phi) is 7.69. The van der Waals surface area contributed by atoms with E-state index in [9.17, 15) is 18.8 Å². The first-order valence-corrected chi connectivity index (χ1v) is 15.3. The van der Waals surface area contributed by atoms with Gasteiger partial charge in [-0.15, -0.1) is 0 Å². The Bertz CT molecular complexity index is 1730. The molecule has 1 unspecified atom stereocenters. The van der Waals surface area contributed by atoms with Gasteiger partial charge in [0.05, 0.1) is 23.9 Å². The Balaban J connectivity index is 1.00. The zero-order valence-electron chi connectivity index (χ0n) is 24.7. The molecule has 0 spiro atoms. The fourth-order valence-electron chi connectivity index (χ4n) is 6.97. The summed E-state index contributed by atoms with van der Waals surface area (Å²) < 4.78 is 20.9. The van der Waals surface area contributed by atoms with Crippen molar-refractivity contribution in [1.29, 1.82) is 5.26 Å². The number of carbonyl (C=O) groups excluding carboxylic acids is 3. The van der Waals surface area contributed by atoms with E-state index in [4.69, 9.17) is 10.00 Å². The molecule has 3 aromatic carbocycles. The van der Waals surface area contributed by atoms with Gasteiger partial charge in [-0.05, 0) is 53.4 Å². The molecule has 4 aliphatic heterocycles. The smallest absolute Gasteiger partial charge is 0.255 e. The van der Waals surface area contributed by atoms with E-state index in [1.165, 1.54) is 22.1 Å². The number of imide groups is 1. The molecular weight excluding hydrogens is 575 g/mol. The predicted molar refractivity (Wildman–Crippen MR) is 163 cm³/mol. The number of piperazine rings is 1. The first kappa shape index (κ1) is 29.0. The van der Waals surface area contributed by atoms with Crippen molar-refractivity contribution < 1.29 is 23.5 Å². The number of rotatable bonds is 6. The third-order valence-corrected chi connectivity index (χ3v) is 9.33. The molecular formula is C34H33FN6O4. The van der Waals surface area contributed by atoms with Gasteiger partial charge in [-0.25, -0.2) is 4.39 Å². The van der Waals surface area contributed by atoms with Crippen LogP contribution in [0.15, 0.2) is 54.6 Å². The van der Waals surface area contributed by atoms with Gasteiger partial charge in [-0.3, -0.25) is 24.6 Å². The van der Waals surface area contributed by atoms with Crippen molar-refractivity contribution >= 4 is 23.4 Å². The Morgan fingerprint density at radius 3 is 2.62 bits per heavy atom. The molecule has 0 aliphatic carbocycles. The van der Waals surface area contributed by atoms with Gasteiger partial charge in [0, 0.05) is 62.9 Å². The number of carbonyl (C=O) groups is 3. The number of amides is 3. The first-order valence-electron chi connectivity index (χ1n) is 15.3. The van der Waals surface area contributed by atoms with Crippen LogP contribution >= 0.6 is 0 Å². The molecule has 2 N–H and O–H groups in total. The molecule has 4 heterocycles. The number of piperidine rings is 1. The monoisotopic (exact) mass is 608 g/mol. The lowest BCUT2D eigenvalue weighted by Crippen LogP contribution is -2.52. The normalized spacial score (nSPS) is 21.6. The van der Waals surface area contributed by atoms with Crippen molar-refractivity contribution in [2.75, 3.05) is 37.6 Å². The number of nitrogens with one attached hydrogen (secondary N) is 2. The molecule has 2 fully saturated rings. The van der Waals surface area contributed by atoms with E-state index in [0.29, 0.717) is 48.7 Å². The minimum absolute atomic E-state index is 0.207. The number of anilines is 1. The van der Waals surface area contributed by atoms with Crippen LogP contribution in [0.25, 0.3) is 0 Å². The maximum absolute atomic E-state index is 14.6. The minimum Gasteiger partial charge on any atom is -0.489 e. The Morgan fingerprint density at radius 1 is 1.00 bits per heavy atom. The number of nitriles is 1. The molecule has 11 heteroatoms. The van der Waals surface area contributed by atoms with Gasteiger partial charge in [0.2, 0.25) is 11.8 Å². The van der Waals surface area contributed by atoms with Crippen molar-refractivity contribution in [3.05, 3.63) is 93.8 Å². The van der Waals surface area contributed by atoms with Gasteiger partial charge in [0.25, 0.3) is 5.91 Å². The van der Waals surface area contributed by atoms with E-state index in [0.717, 1.165) is 37.3 Å². The summed E-state index contributed by atoms with van der Waals surface area (Å²) in [5.74, 6) is -0.715. The highest BCUT2D eigenvalue weighted by Crippen LogP contribution is 2.35. The van der Waals surface area contributed by atoms with Crippen LogP contribution in [-0.4, -0.2) is 66.3 Å². The molecule has 2 atom stereocenters. The lowest BCUT2D eigenvalue weighted by atomic mass is 9.93. The van der Waals surface area contributed by atoms with Crippen LogP contribution in [0.2, 0.25) is 0 Å². The number of nitrogens with zero attached hydrogens (tertiary/aromatic N) is 4. The highest BCUT2D eigenvalue weighted by Gasteiger charge is 2.40. The summed E-state index contributed by atoms with van der Waals surface area (Å²) in [4.78, 5) is 43.2.